The third-order valence-electron chi connectivity index (χ3n) is 5.88. The van der Waals surface area contributed by atoms with Gasteiger partial charge in [-0.2, -0.15) is 0 Å². The van der Waals surface area contributed by atoms with E-state index in [9.17, 15) is 4.79 Å². The molecular formula is C25H22IO2S+. The Bertz CT molecular complexity index is 1220. The van der Waals surface area contributed by atoms with Crippen LogP contribution in [0.25, 0.3) is 25.1 Å². The van der Waals surface area contributed by atoms with E-state index in [0.717, 1.165) is 31.1 Å². The van der Waals surface area contributed by atoms with Crippen molar-refractivity contribution in [3.63, 3.8) is 0 Å². The van der Waals surface area contributed by atoms with Gasteiger partial charge in [0.1, 0.15) is 5.60 Å². The van der Waals surface area contributed by atoms with E-state index in [-0.39, 0.29) is 22.0 Å². The first-order valence-electron chi connectivity index (χ1n) is 10.0. The number of fused-ring (bicyclic) bond motifs is 3. The smallest absolute Gasteiger partial charge is 0.338 e. The molecule has 4 aromatic rings. The molecule has 0 N–H and O–H groups in total. The average Bonchev–Trinajstić information content (AvgIpc) is 3.29. The van der Waals surface area contributed by atoms with Crippen molar-refractivity contribution in [3.05, 3.63) is 75.9 Å². The van der Waals surface area contributed by atoms with E-state index in [1.54, 1.807) is 0 Å². The zero-order valence-electron chi connectivity index (χ0n) is 16.3. The van der Waals surface area contributed by atoms with Crippen molar-refractivity contribution < 1.29 is 9.53 Å². The van der Waals surface area contributed by atoms with Crippen LogP contribution in [0.1, 0.15) is 43.0 Å². The largest absolute Gasteiger partial charge is 0.456 e. The number of carbonyl (C=O) groups excluding carboxylic acids is 1. The summed E-state index contributed by atoms with van der Waals surface area (Å²) in [5, 5.41) is 2.39. The van der Waals surface area contributed by atoms with Gasteiger partial charge >= 0.3 is 5.97 Å². The molecule has 0 aliphatic heterocycles. The highest BCUT2D eigenvalue weighted by atomic mass is 127. The first-order chi connectivity index (χ1) is 14.0. The summed E-state index contributed by atoms with van der Waals surface area (Å²) < 4.78 is 9.78. The molecule has 1 aromatic heterocycles. The first kappa shape index (κ1) is 19.1. The lowest BCUT2D eigenvalue weighted by atomic mass is 10.1. The molecule has 1 atom stereocenters. The van der Waals surface area contributed by atoms with Crippen LogP contribution in [0.5, 0.6) is 0 Å². The quantitative estimate of drug-likeness (QED) is 0.159. The Morgan fingerprint density at radius 1 is 0.931 bits per heavy atom. The van der Waals surface area contributed by atoms with Crippen LogP contribution in [0, 0.1) is 3.57 Å². The molecule has 4 heteroatoms. The van der Waals surface area contributed by atoms with Crippen molar-refractivity contribution in [3.8, 4) is 4.90 Å². The van der Waals surface area contributed by atoms with Crippen molar-refractivity contribution >= 4 is 59.2 Å². The zero-order chi connectivity index (χ0) is 20.0. The van der Waals surface area contributed by atoms with E-state index >= 15 is 0 Å². The van der Waals surface area contributed by atoms with Gasteiger partial charge in [-0.3, -0.25) is 0 Å². The second-order valence-electron chi connectivity index (χ2n) is 8.01. The van der Waals surface area contributed by atoms with Crippen molar-refractivity contribution in [2.75, 3.05) is 0 Å². The normalized spacial score (nSPS) is 16.4. The Kier molecular flexibility index (Phi) is 4.87. The van der Waals surface area contributed by atoms with E-state index in [4.69, 9.17) is 4.74 Å². The number of halogens is 1. The van der Waals surface area contributed by atoms with Gasteiger partial charge in [0.2, 0.25) is 0 Å². The molecule has 0 radical (unpaired) electrons. The molecule has 1 aliphatic rings. The highest BCUT2D eigenvalue weighted by molar-refractivity contribution is 14.1. The maximum Gasteiger partial charge on any atom is 0.338 e. The summed E-state index contributed by atoms with van der Waals surface area (Å²) in [6.07, 6.45) is 4.20. The summed E-state index contributed by atoms with van der Waals surface area (Å²) in [5.41, 5.74) is 0.346. The van der Waals surface area contributed by atoms with Crippen molar-refractivity contribution in [2.45, 2.75) is 38.2 Å². The van der Waals surface area contributed by atoms with Gasteiger partial charge in [0.05, 0.1) is 5.56 Å². The average molecular weight is 513 g/mol. The van der Waals surface area contributed by atoms with Crippen molar-refractivity contribution in [1.29, 1.82) is 0 Å². The highest BCUT2D eigenvalue weighted by Crippen LogP contribution is 2.48. The molecule has 3 aromatic carbocycles. The summed E-state index contributed by atoms with van der Waals surface area (Å²) in [5.74, 6) is -0.198. The van der Waals surface area contributed by atoms with E-state index in [0.29, 0.717) is 5.56 Å². The Hall–Kier alpha value is -1.92. The summed E-state index contributed by atoms with van der Waals surface area (Å²) in [6.45, 7) is 2.06. The Balaban J connectivity index is 1.64. The number of hydrogen-bond donors (Lipinski definition) is 0. The van der Waals surface area contributed by atoms with Gasteiger partial charge in [-0.1, -0.05) is 12.1 Å². The number of esters is 1. The third kappa shape index (κ3) is 3.46. The summed E-state index contributed by atoms with van der Waals surface area (Å²) >= 11 is 2.34. The minimum atomic E-state index is -0.306. The molecule has 1 unspecified atom stereocenters. The third-order valence-corrected chi connectivity index (χ3v) is 8.94. The number of benzene rings is 3. The van der Waals surface area contributed by atoms with Crippen LogP contribution >= 0.6 is 33.1 Å². The molecule has 1 heterocycles. The summed E-state index contributed by atoms with van der Waals surface area (Å²) in [6, 6.07) is 23.4. The zero-order valence-corrected chi connectivity index (χ0v) is 19.3. The van der Waals surface area contributed by atoms with E-state index < -0.39 is 0 Å². The summed E-state index contributed by atoms with van der Waals surface area (Å²) in [7, 11) is -0.138. The maximum atomic E-state index is 12.9. The molecule has 29 heavy (non-hydrogen) atoms. The highest BCUT2D eigenvalue weighted by Gasteiger charge is 2.33. The first-order valence-corrected chi connectivity index (χ1v) is 12.3. The molecule has 5 rings (SSSR count). The van der Waals surface area contributed by atoms with Crippen LogP contribution in [-0.4, -0.2) is 11.6 Å². The van der Waals surface area contributed by atoms with Crippen LogP contribution < -0.4 is 0 Å². The van der Waals surface area contributed by atoms with E-state index in [2.05, 4.69) is 84.1 Å². The number of rotatable bonds is 3. The fourth-order valence-electron chi connectivity index (χ4n) is 4.36. The van der Waals surface area contributed by atoms with E-state index in [1.165, 1.54) is 23.3 Å². The number of hydrogen-bond acceptors (Lipinski definition) is 2. The minimum absolute atomic E-state index is 0.138. The Labute approximate surface area is 187 Å². The van der Waals surface area contributed by atoms with E-state index in [1.807, 2.05) is 12.1 Å². The second-order valence-corrected chi connectivity index (χ2v) is 11.2. The lowest BCUT2D eigenvalue weighted by Gasteiger charge is -2.24. The van der Waals surface area contributed by atoms with Gasteiger partial charge in [0.25, 0.3) is 0 Å². The molecule has 0 bridgehead atoms. The lowest BCUT2D eigenvalue weighted by molar-refractivity contribution is -0.00606. The van der Waals surface area contributed by atoms with Gasteiger partial charge in [0.15, 0.2) is 14.3 Å². The SMILES string of the molecule is CC1(OC(=O)c2ccc3c(c2)c2ccccc2[s+]3-c2ccc(I)cc2)CCCC1. The number of ether oxygens (including phenoxy) is 1. The molecule has 0 saturated heterocycles. The minimum Gasteiger partial charge on any atom is -0.456 e. The van der Waals surface area contributed by atoms with Gasteiger partial charge < -0.3 is 4.74 Å². The van der Waals surface area contributed by atoms with Crippen molar-refractivity contribution in [2.24, 2.45) is 0 Å². The predicted octanol–water partition coefficient (Wildman–Crippen LogP) is 7.83. The van der Waals surface area contributed by atoms with Crippen molar-refractivity contribution in [1.82, 2.24) is 0 Å². The fourth-order valence-corrected chi connectivity index (χ4v) is 7.08. The van der Waals surface area contributed by atoms with Gasteiger partial charge in [0, 0.05) is 24.8 Å². The number of carbonyl (C=O) groups is 1. The lowest BCUT2D eigenvalue weighted by Crippen LogP contribution is -2.28. The molecule has 1 fully saturated rings. The van der Waals surface area contributed by atoms with Gasteiger partial charge in [-0.25, -0.2) is 4.79 Å². The molecule has 2 nitrogen and oxygen atoms in total. The predicted molar refractivity (Wildman–Crippen MR) is 130 cm³/mol. The fraction of sp³-hybridized carbons (Fsp3) is 0.240. The summed E-state index contributed by atoms with van der Waals surface area (Å²) in [4.78, 5) is 14.2. The van der Waals surface area contributed by atoms with Crippen LogP contribution in [0.2, 0.25) is 0 Å². The Morgan fingerprint density at radius 3 is 2.38 bits per heavy atom. The Morgan fingerprint density at radius 2 is 1.62 bits per heavy atom. The van der Waals surface area contributed by atoms with Crippen LogP contribution in [0.4, 0.5) is 0 Å². The standard InChI is InChI=1S/C25H22IO2S/c1-25(14-4-5-15-25)28-24(27)17-8-13-23-21(16-17)20-6-2-3-7-22(20)29(23)19-11-9-18(26)10-12-19/h2-3,6-13,16H,4-5,14-15H2,1H3/q+1. The van der Waals surface area contributed by atoms with Crippen LogP contribution in [-0.2, 0) is 4.74 Å². The molecule has 1 saturated carbocycles. The topological polar surface area (TPSA) is 26.3 Å². The van der Waals surface area contributed by atoms with Gasteiger partial charge in [-0.05, 0) is 110 Å². The maximum absolute atomic E-state index is 12.9. The molecule has 0 amide bonds. The number of thiophene rings is 1. The molecule has 146 valence electrons. The van der Waals surface area contributed by atoms with Gasteiger partial charge in [-0.15, -0.1) is 0 Å². The monoisotopic (exact) mass is 513 g/mol. The molecule has 0 spiro atoms. The molecular weight excluding hydrogens is 491 g/mol. The van der Waals surface area contributed by atoms with Crippen LogP contribution in [0.3, 0.4) is 0 Å². The molecule has 1 aliphatic carbocycles. The second kappa shape index (κ2) is 7.40. The van der Waals surface area contributed by atoms with Crippen LogP contribution in [0.15, 0.2) is 66.7 Å².